The van der Waals surface area contributed by atoms with Gasteiger partial charge in [0.2, 0.25) is 0 Å². The zero-order valence-electron chi connectivity index (χ0n) is 12.4. The number of hydrogen-bond donors (Lipinski definition) is 1. The fraction of sp³-hybridized carbons (Fsp3) is 0.375. The van der Waals surface area contributed by atoms with E-state index in [0.29, 0.717) is 11.1 Å². The van der Waals surface area contributed by atoms with Crippen molar-refractivity contribution in [2.24, 2.45) is 0 Å². The molecule has 0 aliphatic heterocycles. The molecule has 2 heterocycles. The molecule has 5 nitrogen and oxygen atoms in total. The van der Waals surface area contributed by atoms with E-state index < -0.39 is 23.1 Å². The molecule has 1 N–H and O–H groups in total. The SMILES string of the molecule is CCOC(=O)c1cc(C2CC2)c2c(C)c(O)c(F)cn2c1=O. The van der Waals surface area contributed by atoms with Crippen LogP contribution in [0.1, 0.15) is 47.2 Å². The molecule has 1 fully saturated rings. The van der Waals surface area contributed by atoms with Crippen molar-refractivity contribution in [1.82, 2.24) is 4.40 Å². The summed E-state index contributed by atoms with van der Waals surface area (Å²) in [7, 11) is 0. The average molecular weight is 305 g/mol. The van der Waals surface area contributed by atoms with Gasteiger partial charge in [-0.1, -0.05) is 0 Å². The number of carbonyl (C=O) groups excluding carboxylic acids is 1. The van der Waals surface area contributed by atoms with Gasteiger partial charge in [0, 0.05) is 5.56 Å². The predicted molar refractivity (Wildman–Crippen MR) is 78.0 cm³/mol. The number of carbonyl (C=O) groups is 1. The van der Waals surface area contributed by atoms with Crippen LogP contribution in [0.25, 0.3) is 5.52 Å². The van der Waals surface area contributed by atoms with Crippen LogP contribution in [0.5, 0.6) is 5.75 Å². The van der Waals surface area contributed by atoms with Crippen molar-refractivity contribution in [1.29, 1.82) is 0 Å². The van der Waals surface area contributed by atoms with Crippen LogP contribution in [0, 0.1) is 12.7 Å². The average Bonchev–Trinajstić information content (AvgIpc) is 3.30. The molecule has 0 aromatic carbocycles. The summed E-state index contributed by atoms with van der Waals surface area (Å²) in [4.78, 5) is 24.4. The fourth-order valence-corrected chi connectivity index (χ4v) is 2.70. The van der Waals surface area contributed by atoms with E-state index in [1.165, 1.54) is 6.07 Å². The second kappa shape index (κ2) is 5.12. The summed E-state index contributed by atoms with van der Waals surface area (Å²) in [6.45, 7) is 3.37. The predicted octanol–water partition coefficient (Wildman–Crippen LogP) is 2.51. The van der Waals surface area contributed by atoms with Crippen LogP contribution in [-0.4, -0.2) is 22.1 Å². The first kappa shape index (κ1) is 14.6. The summed E-state index contributed by atoms with van der Waals surface area (Å²) in [5.41, 5.74) is 0.801. The van der Waals surface area contributed by atoms with Gasteiger partial charge in [-0.15, -0.1) is 0 Å². The van der Waals surface area contributed by atoms with Crippen LogP contribution in [0.3, 0.4) is 0 Å². The van der Waals surface area contributed by atoms with E-state index in [4.69, 9.17) is 4.74 Å². The summed E-state index contributed by atoms with van der Waals surface area (Å²) < 4.78 is 19.8. The maximum absolute atomic E-state index is 13.8. The molecule has 0 atom stereocenters. The molecule has 116 valence electrons. The highest BCUT2D eigenvalue weighted by atomic mass is 19.1. The molecule has 1 saturated carbocycles. The largest absolute Gasteiger partial charge is 0.505 e. The van der Waals surface area contributed by atoms with Crippen molar-refractivity contribution in [3.8, 4) is 5.75 Å². The fourth-order valence-electron chi connectivity index (χ4n) is 2.70. The van der Waals surface area contributed by atoms with Crippen molar-refractivity contribution in [2.45, 2.75) is 32.6 Å². The molecule has 6 heteroatoms. The number of esters is 1. The summed E-state index contributed by atoms with van der Waals surface area (Å²) in [5.74, 6) is -1.86. The van der Waals surface area contributed by atoms with Gasteiger partial charge in [-0.3, -0.25) is 9.20 Å². The number of pyridine rings is 2. The van der Waals surface area contributed by atoms with Crippen LogP contribution < -0.4 is 5.56 Å². The van der Waals surface area contributed by atoms with Gasteiger partial charge in [-0.2, -0.15) is 0 Å². The lowest BCUT2D eigenvalue weighted by Crippen LogP contribution is -2.25. The minimum absolute atomic E-state index is 0.106. The Hall–Kier alpha value is -2.37. The number of halogens is 1. The van der Waals surface area contributed by atoms with E-state index in [9.17, 15) is 19.1 Å². The Morgan fingerprint density at radius 1 is 1.50 bits per heavy atom. The highest BCUT2D eigenvalue weighted by Crippen LogP contribution is 2.43. The molecule has 1 aliphatic carbocycles. The van der Waals surface area contributed by atoms with Crippen LogP contribution in [-0.2, 0) is 4.74 Å². The molecular weight excluding hydrogens is 289 g/mol. The molecule has 0 radical (unpaired) electrons. The first-order valence-corrected chi connectivity index (χ1v) is 7.20. The first-order chi connectivity index (χ1) is 10.5. The van der Waals surface area contributed by atoms with E-state index >= 15 is 0 Å². The highest BCUT2D eigenvalue weighted by Gasteiger charge is 2.30. The first-order valence-electron chi connectivity index (χ1n) is 7.20. The van der Waals surface area contributed by atoms with Crippen LogP contribution in [0.15, 0.2) is 17.1 Å². The van der Waals surface area contributed by atoms with Gasteiger partial charge in [0.05, 0.1) is 18.3 Å². The van der Waals surface area contributed by atoms with Gasteiger partial charge in [0.1, 0.15) is 5.56 Å². The smallest absolute Gasteiger partial charge is 0.343 e. The number of nitrogens with zero attached hydrogens (tertiary/aromatic N) is 1. The summed E-state index contributed by atoms with van der Waals surface area (Å²) in [5, 5.41) is 9.80. The molecule has 3 rings (SSSR count). The van der Waals surface area contributed by atoms with Crippen molar-refractivity contribution in [2.75, 3.05) is 6.61 Å². The highest BCUT2D eigenvalue weighted by molar-refractivity contribution is 5.90. The lowest BCUT2D eigenvalue weighted by atomic mass is 10.0. The Bertz CT molecular complexity index is 836. The second-order valence-electron chi connectivity index (χ2n) is 5.48. The maximum atomic E-state index is 13.8. The monoisotopic (exact) mass is 305 g/mol. The van der Waals surface area contributed by atoms with Crippen LogP contribution in [0.2, 0.25) is 0 Å². The van der Waals surface area contributed by atoms with Gasteiger partial charge in [0.25, 0.3) is 5.56 Å². The molecule has 0 bridgehead atoms. The number of ether oxygens (including phenoxy) is 1. The third-order valence-corrected chi connectivity index (χ3v) is 3.95. The summed E-state index contributed by atoms with van der Waals surface area (Å²) in [6.07, 6.45) is 2.80. The zero-order chi connectivity index (χ0) is 16.0. The number of aromatic nitrogens is 1. The van der Waals surface area contributed by atoms with Crippen LogP contribution >= 0.6 is 0 Å². The lowest BCUT2D eigenvalue weighted by molar-refractivity contribution is 0.0524. The molecule has 0 unspecified atom stereocenters. The molecule has 0 saturated heterocycles. The Morgan fingerprint density at radius 3 is 2.77 bits per heavy atom. The molecule has 0 amide bonds. The number of rotatable bonds is 3. The number of aromatic hydroxyl groups is 1. The van der Waals surface area contributed by atoms with Gasteiger partial charge in [0.15, 0.2) is 11.6 Å². The van der Waals surface area contributed by atoms with Gasteiger partial charge in [-0.25, -0.2) is 9.18 Å². The third-order valence-electron chi connectivity index (χ3n) is 3.95. The van der Waals surface area contributed by atoms with Crippen LogP contribution in [0.4, 0.5) is 4.39 Å². The standard InChI is InChI=1S/C16H16FNO4/c1-3-22-16(21)11-6-10(9-4-5-9)13-8(2)14(19)12(17)7-18(13)15(11)20/h6-7,9,19H,3-5H2,1-2H3. The van der Waals surface area contributed by atoms with Gasteiger partial charge < -0.3 is 9.84 Å². The maximum Gasteiger partial charge on any atom is 0.343 e. The molecule has 0 spiro atoms. The van der Waals surface area contributed by atoms with Crippen molar-refractivity contribution in [3.63, 3.8) is 0 Å². The Labute approximate surface area is 126 Å². The van der Waals surface area contributed by atoms with E-state index in [0.717, 1.165) is 29.0 Å². The quantitative estimate of drug-likeness (QED) is 0.885. The Morgan fingerprint density at radius 2 is 2.18 bits per heavy atom. The number of aryl methyl sites for hydroxylation is 1. The second-order valence-corrected chi connectivity index (χ2v) is 5.48. The van der Waals surface area contributed by atoms with Crippen molar-refractivity contribution < 1.29 is 19.0 Å². The number of fused-ring (bicyclic) bond motifs is 1. The summed E-state index contributed by atoms with van der Waals surface area (Å²) in [6, 6.07) is 1.53. The minimum Gasteiger partial charge on any atom is -0.505 e. The Kier molecular flexibility index (Phi) is 3.39. The topological polar surface area (TPSA) is 68.0 Å². The molecular formula is C16H16FNO4. The summed E-state index contributed by atoms with van der Waals surface area (Å²) >= 11 is 0. The zero-order valence-corrected chi connectivity index (χ0v) is 12.4. The van der Waals surface area contributed by atoms with Gasteiger partial charge >= 0.3 is 5.97 Å². The molecule has 1 aliphatic rings. The molecule has 22 heavy (non-hydrogen) atoms. The van der Waals surface area contributed by atoms with E-state index in [1.54, 1.807) is 13.8 Å². The van der Waals surface area contributed by atoms with E-state index in [2.05, 4.69) is 0 Å². The third kappa shape index (κ3) is 2.15. The molecule has 2 aromatic rings. The Balaban J connectivity index is 2.38. The normalized spacial score (nSPS) is 14.3. The lowest BCUT2D eigenvalue weighted by Gasteiger charge is -2.14. The van der Waals surface area contributed by atoms with E-state index in [1.807, 2.05) is 0 Å². The van der Waals surface area contributed by atoms with Crippen molar-refractivity contribution in [3.05, 3.63) is 45.1 Å². The van der Waals surface area contributed by atoms with Crippen molar-refractivity contribution >= 4 is 11.5 Å². The minimum atomic E-state index is -0.894. The van der Waals surface area contributed by atoms with E-state index in [-0.39, 0.29) is 18.1 Å². The number of hydrogen-bond acceptors (Lipinski definition) is 4. The molecule has 2 aromatic heterocycles. The van der Waals surface area contributed by atoms with Gasteiger partial charge in [-0.05, 0) is 44.2 Å².